The number of benzene rings is 2. The molecular formula is C19H22N4O5S. The van der Waals surface area contributed by atoms with Crippen molar-refractivity contribution in [3.63, 3.8) is 0 Å². The van der Waals surface area contributed by atoms with Crippen LogP contribution in [-0.2, 0) is 27.8 Å². The smallest absolute Gasteiger partial charge is 0.264 e. The van der Waals surface area contributed by atoms with Crippen molar-refractivity contribution < 1.29 is 23.2 Å². The third kappa shape index (κ3) is 4.54. The second kappa shape index (κ2) is 8.18. The summed E-state index contributed by atoms with van der Waals surface area (Å²) in [7, 11) is -3.76. The number of hydroxylamine groups is 1. The van der Waals surface area contributed by atoms with Crippen molar-refractivity contribution in [1.29, 1.82) is 0 Å². The van der Waals surface area contributed by atoms with Crippen LogP contribution in [0.2, 0.25) is 0 Å². The van der Waals surface area contributed by atoms with Crippen LogP contribution in [0.3, 0.4) is 0 Å². The van der Waals surface area contributed by atoms with Crippen LogP contribution in [0.25, 0.3) is 10.8 Å². The van der Waals surface area contributed by atoms with Crippen LogP contribution in [0.1, 0.15) is 19.0 Å². The number of carbonyl (C=O) groups is 1. The van der Waals surface area contributed by atoms with Gasteiger partial charge < -0.3 is 4.74 Å². The van der Waals surface area contributed by atoms with Gasteiger partial charge in [0, 0.05) is 12.8 Å². The van der Waals surface area contributed by atoms with E-state index in [0.29, 0.717) is 11.4 Å². The molecule has 0 aliphatic heterocycles. The van der Waals surface area contributed by atoms with E-state index in [0.717, 1.165) is 17.0 Å². The molecule has 0 aliphatic rings. The number of hydrogen-bond donors (Lipinski definition) is 2. The SMILES string of the molecule is CC(CCn1cc(COc2ccc3ccccc3c2)nn1)(C(=O)NO)S(C)(=O)=O. The normalized spacial score (nSPS) is 13.8. The molecule has 0 saturated heterocycles. The Labute approximate surface area is 168 Å². The van der Waals surface area contributed by atoms with Gasteiger partial charge in [0.25, 0.3) is 5.91 Å². The average Bonchev–Trinajstić information content (AvgIpc) is 3.16. The molecule has 2 N–H and O–H groups in total. The first kappa shape index (κ1) is 20.7. The van der Waals surface area contributed by atoms with Crippen molar-refractivity contribution >= 4 is 26.5 Å². The lowest BCUT2D eigenvalue weighted by atomic mass is 10.1. The van der Waals surface area contributed by atoms with Gasteiger partial charge in [-0.15, -0.1) is 5.10 Å². The van der Waals surface area contributed by atoms with E-state index in [1.165, 1.54) is 17.1 Å². The molecule has 9 nitrogen and oxygen atoms in total. The fraction of sp³-hybridized carbons (Fsp3) is 0.316. The number of nitrogens with one attached hydrogen (secondary N) is 1. The fourth-order valence-electron chi connectivity index (χ4n) is 2.84. The summed E-state index contributed by atoms with van der Waals surface area (Å²) in [4.78, 5) is 11.9. The molecule has 3 aromatic rings. The maximum atomic E-state index is 12.0. The predicted octanol–water partition coefficient (Wildman–Crippen LogP) is 1.71. The number of fused-ring (bicyclic) bond motifs is 1. The topological polar surface area (TPSA) is 123 Å². The third-order valence-electron chi connectivity index (χ3n) is 4.91. The quantitative estimate of drug-likeness (QED) is 0.422. The summed E-state index contributed by atoms with van der Waals surface area (Å²) in [6.45, 7) is 1.58. The first-order chi connectivity index (χ1) is 13.7. The van der Waals surface area contributed by atoms with Crippen LogP contribution >= 0.6 is 0 Å². The van der Waals surface area contributed by atoms with Crippen molar-refractivity contribution in [2.24, 2.45) is 0 Å². The summed E-state index contributed by atoms with van der Waals surface area (Å²) in [5.41, 5.74) is 1.98. The van der Waals surface area contributed by atoms with Gasteiger partial charge in [0.15, 0.2) is 14.6 Å². The molecule has 1 heterocycles. The number of aromatic nitrogens is 3. The van der Waals surface area contributed by atoms with E-state index in [1.54, 1.807) is 6.20 Å². The number of aryl methyl sites for hydroxylation is 1. The zero-order valence-electron chi connectivity index (χ0n) is 16.1. The van der Waals surface area contributed by atoms with E-state index < -0.39 is 20.5 Å². The number of ether oxygens (including phenoxy) is 1. The van der Waals surface area contributed by atoms with E-state index in [9.17, 15) is 13.2 Å². The van der Waals surface area contributed by atoms with E-state index in [4.69, 9.17) is 9.94 Å². The van der Waals surface area contributed by atoms with Crippen LogP contribution in [0.4, 0.5) is 0 Å². The molecule has 10 heteroatoms. The predicted molar refractivity (Wildman–Crippen MR) is 106 cm³/mol. The molecule has 1 aromatic heterocycles. The highest BCUT2D eigenvalue weighted by Crippen LogP contribution is 2.23. The fourth-order valence-corrected chi connectivity index (χ4v) is 3.69. The van der Waals surface area contributed by atoms with E-state index in [1.807, 2.05) is 42.5 Å². The summed E-state index contributed by atoms with van der Waals surface area (Å²) in [5, 5.41) is 19.0. The molecule has 2 aromatic carbocycles. The minimum absolute atomic E-state index is 0.0768. The monoisotopic (exact) mass is 418 g/mol. The Morgan fingerprint density at radius 3 is 2.66 bits per heavy atom. The zero-order chi connectivity index (χ0) is 21.1. The van der Waals surface area contributed by atoms with Gasteiger partial charge in [-0.1, -0.05) is 35.5 Å². The number of rotatable bonds is 8. The van der Waals surface area contributed by atoms with Gasteiger partial charge in [-0.2, -0.15) is 0 Å². The van der Waals surface area contributed by atoms with E-state index >= 15 is 0 Å². The van der Waals surface area contributed by atoms with Crippen molar-refractivity contribution in [2.75, 3.05) is 6.26 Å². The maximum Gasteiger partial charge on any atom is 0.264 e. The number of hydrogen-bond acceptors (Lipinski definition) is 7. The largest absolute Gasteiger partial charge is 0.487 e. The summed E-state index contributed by atoms with van der Waals surface area (Å²) < 4.78 is 29.4. The highest BCUT2D eigenvalue weighted by molar-refractivity contribution is 7.92. The highest BCUT2D eigenvalue weighted by Gasteiger charge is 2.43. The number of nitrogens with zero attached hydrogens (tertiary/aromatic N) is 3. The van der Waals surface area contributed by atoms with Gasteiger partial charge in [0.2, 0.25) is 0 Å². The van der Waals surface area contributed by atoms with Gasteiger partial charge in [-0.3, -0.25) is 14.7 Å². The molecule has 1 atom stereocenters. The summed E-state index contributed by atoms with van der Waals surface area (Å²) in [6, 6.07) is 13.7. The van der Waals surface area contributed by atoms with Crippen LogP contribution in [0.15, 0.2) is 48.7 Å². The van der Waals surface area contributed by atoms with Crippen molar-refractivity contribution in [3.05, 3.63) is 54.4 Å². The van der Waals surface area contributed by atoms with Gasteiger partial charge in [-0.25, -0.2) is 13.9 Å². The zero-order valence-corrected chi connectivity index (χ0v) is 16.9. The molecule has 3 rings (SSSR count). The minimum atomic E-state index is -3.76. The molecule has 1 amide bonds. The molecular weight excluding hydrogens is 396 g/mol. The lowest BCUT2D eigenvalue weighted by molar-refractivity contribution is -0.131. The molecule has 0 radical (unpaired) electrons. The molecule has 0 saturated carbocycles. The molecule has 154 valence electrons. The summed E-state index contributed by atoms with van der Waals surface area (Å²) in [5.74, 6) is -0.289. The Bertz CT molecular complexity index is 1130. The lowest BCUT2D eigenvalue weighted by Gasteiger charge is -2.24. The first-order valence-corrected chi connectivity index (χ1v) is 10.8. The van der Waals surface area contributed by atoms with Gasteiger partial charge in [0.1, 0.15) is 18.1 Å². The van der Waals surface area contributed by atoms with Gasteiger partial charge in [0.05, 0.1) is 6.20 Å². The Morgan fingerprint density at radius 2 is 1.97 bits per heavy atom. The molecule has 29 heavy (non-hydrogen) atoms. The van der Waals surface area contributed by atoms with E-state index in [-0.39, 0.29) is 19.6 Å². The van der Waals surface area contributed by atoms with Gasteiger partial charge >= 0.3 is 0 Å². The average molecular weight is 418 g/mol. The summed E-state index contributed by atoms with van der Waals surface area (Å²) >= 11 is 0. The Morgan fingerprint density at radius 1 is 1.24 bits per heavy atom. The van der Waals surface area contributed by atoms with Crippen LogP contribution in [0.5, 0.6) is 5.75 Å². The third-order valence-corrected chi connectivity index (χ3v) is 6.94. The van der Waals surface area contributed by atoms with Crippen molar-refractivity contribution in [1.82, 2.24) is 20.5 Å². The number of carbonyl (C=O) groups excluding carboxylic acids is 1. The Hall–Kier alpha value is -2.98. The Kier molecular flexibility index (Phi) is 5.85. The van der Waals surface area contributed by atoms with E-state index in [2.05, 4.69) is 10.3 Å². The minimum Gasteiger partial charge on any atom is -0.487 e. The molecule has 0 fully saturated rings. The number of sulfone groups is 1. The van der Waals surface area contributed by atoms with Crippen molar-refractivity contribution in [2.45, 2.75) is 31.2 Å². The lowest BCUT2D eigenvalue weighted by Crippen LogP contribution is -2.49. The molecule has 0 spiro atoms. The van der Waals surface area contributed by atoms with Crippen molar-refractivity contribution in [3.8, 4) is 5.75 Å². The first-order valence-electron chi connectivity index (χ1n) is 8.88. The second-order valence-electron chi connectivity index (χ2n) is 6.96. The van der Waals surface area contributed by atoms with Crippen LogP contribution in [-0.4, -0.2) is 45.5 Å². The summed E-state index contributed by atoms with van der Waals surface area (Å²) in [6.07, 6.45) is 2.50. The standard InChI is InChI=1S/C19H22N4O5S/c1-19(18(24)21-25,29(2,26)27)9-10-23-12-16(20-22-23)13-28-17-8-7-14-5-3-4-6-15(14)11-17/h3-8,11-12,25H,9-10,13H2,1-2H3,(H,21,24). The highest BCUT2D eigenvalue weighted by atomic mass is 32.2. The molecule has 0 bridgehead atoms. The molecule has 0 aliphatic carbocycles. The van der Waals surface area contributed by atoms with Crippen LogP contribution < -0.4 is 10.2 Å². The Balaban J connectivity index is 1.63. The maximum absolute atomic E-state index is 12.0. The molecule has 1 unspecified atom stereocenters. The van der Waals surface area contributed by atoms with Gasteiger partial charge in [-0.05, 0) is 36.2 Å². The van der Waals surface area contributed by atoms with Crippen LogP contribution in [0, 0.1) is 0 Å². The second-order valence-corrected chi connectivity index (χ2v) is 9.41. The number of amides is 1.